The largest absolute Gasteiger partial charge is 0.338 e. The van der Waals surface area contributed by atoms with Crippen molar-refractivity contribution in [2.24, 2.45) is 0 Å². The highest BCUT2D eigenvalue weighted by atomic mass is 15.4. The fourth-order valence-electron chi connectivity index (χ4n) is 2.27. The predicted octanol–water partition coefficient (Wildman–Crippen LogP) is 0.410. The fourth-order valence-corrected chi connectivity index (χ4v) is 2.27. The lowest BCUT2D eigenvalue weighted by Gasteiger charge is -2.17. The Hall–Kier alpha value is -1.89. The summed E-state index contributed by atoms with van der Waals surface area (Å²) in [6.45, 7) is 6.06. The molecule has 0 bridgehead atoms. The lowest BCUT2D eigenvalue weighted by atomic mass is 10.3. The van der Waals surface area contributed by atoms with Gasteiger partial charge in [-0.3, -0.25) is 9.78 Å². The smallest absolute Gasteiger partial charge is 0.244 e. The standard InChI is InChI=1S/C12H19N7/c1-10(19-8-3-5-14-19)11-15-12(17-16-11)18-7-2-4-13-6-9-18/h3,5,8,10,13H,2,4,6-7,9H2,1H3,(H,15,16,17). The number of nitrogens with zero attached hydrogens (tertiary/aromatic N) is 5. The maximum atomic E-state index is 4.60. The van der Waals surface area contributed by atoms with Gasteiger partial charge in [0.15, 0.2) is 5.82 Å². The second-order valence-corrected chi connectivity index (χ2v) is 4.77. The number of hydrogen-bond donors (Lipinski definition) is 2. The Morgan fingerprint density at radius 2 is 2.26 bits per heavy atom. The van der Waals surface area contributed by atoms with Gasteiger partial charge in [0.2, 0.25) is 5.95 Å². The lowest BCUT2D eigenvalue weighted by molar-refractivity contribution is 0.538. The van der Waals surface area contributed by atoms with E-state index in [0.29, 0.717) is 0 Å². The van der Waals surface area contributed by atoms with Crippen molar-refractivity contribution in [3.05, 3.63) is 24.3 Å². The van der Waals surface area contributed by atoms with Crippen LogP contribution in [0.4, 0.5) is 5.95 Å². The van der Waals surface area contributed by atoms with Crippen molar-refractivity contribution in [2.45, 2.75) is 19.4 Å². The van der Waals surface area contributed by atoms with Crippen molar-refractivity contribution < 1.29 is 0 Å². The van der Waals surface area contributed by atoms with Crippen LogP contribution >= 0.6 is 0 Å². The number of anilines is 1. The van der Waals surface area contributed by atoms with Crippen LogP contribution in [0.25, 0.3) is 0 Å². The van der Waals surface area contributed by atoms with Crippen molar-refractivity contribution in [3.8, 4) is 0 Å². The summed E-state index contributed by atoms with van der Waals surface area (Å²) in [5.74, 6) is 1.63. The molecular formula is C12H19N7. The first-order valence-electron chi connectivity index (χ1n) is 6.71. The summed E-state index contributed by atoms with van der Waals surface area (Å²) < 4.78 is 1.87. The SMILES string of the molecule is CC(c1nc(N2CCCNCC2)n[nH]1)n1cccn1. The average molecular weight is 261 g/mol. The molecule has 1 saturated heterocycles. The van der Waals surface area contributed by atoms with E-state index in [9.17, 15) is 0 Å². The predicted molar refractivity (Wildman–Crippen MR) is 72.1 cm³/mol. The van der Waals surface area contributed by atoms with Gasteiger partial charge < -0.3 is 10.2 Å². The van der Waals surface area contributed by atoms with E-state index in [1.807, 2.05) is 16.9 Å². The first kappa shape index (κ1) is 12.2. The first-order chi connectivity index (χ1) is 9.34. The van der Waals surface area contributed by atoms with Gasteiger partial charge in [0.25, 0.3) is 0 Å². The molecule has 0 amide bonds. The monoisotopic (exact) mass is 261 g/mol. The minimum Gasteiger partial charge on any atom is -0.338 e. The summed E-state index contributed by atoms with van der Waals surface area (Å²) in [5, 5.41) is 15.0. The molecule has 1 aliphatic heterocycles. The number of aromatic amines is 1. The number of hydrogen-bond acceptors (Lipinski definition) is 5. The van der Waals surface area contributed by atoms with E-state index in [4.69, 9.17) is 0 Å². The Morgan fingerprint density at radius 3 is 3.11 bits per heavy atom. The van der Waals surface area contributed by atoms with Gasteiger partial charge in [-0.2, -0.15) is 10.1 Å². The molecular weight excluding hydrogens is 242 g/mol. The molecule has 1 fully saturated rings. The molecule has 0 spiro atoms. The van der Waals surface area contributed by atoms with Crippen LogP contribution < -0.4 is 10.2 Å². The molecule has 7 nitrogen and oxygen atoms in total. The van der Waals surface area contributed by atoms with Gasteiger partial charge in [-0.1, -0.05) is 0 Å². The summed E-state index contributed by atoms with van der Waals surface area (Å²) in [4.78, 5) is 6.82. The van der Waals surface area contributed by atoms with Crippen molar-refractivity contribution in [2.75, 3.05) is 31.1 Å². The Bertz CT molecular complexity index is 496. The van der Waals surface area contributed by atoms with E-state index >= 15 is 0 Å². The van der Waals surface area contributed by atoms with Gasteiger partial charge in [-0.25, -0.2) is 0 Å². The van der Waals surface area contributed by atoms with Gasteiger partial charge in [-0.15, -0.1) is 5.10 Å². The van der Waals surface area contributed by atoms with Crippen LogP contribution in [0.2, 0.25) is 0 Å². The highest BCUT2D eigenvalue weighted by Crippen LogP contribution is 2.16. The van der Waals surface area contributed by atoms with Gasteiger partial charge in [0.05, 0.1) is 0 Å². The zero-order chi connectivity index (χ0) is 13.1. The van der Waals surface area contributed by atoms with Gasteiger partial charge in [-0.05, 0) is 26.0 Å². The second kappa shape index (κ2) is 5.40. The zero-order valence-electron chi connectivity index (χ0n) is 11.1. The highest BCUT2D eigenvalue weighted by Gasteiger charge is 2.17. The third-order valence-corrected chi connectivity index (χ3v) is 3.43. The van der Waals surface area contributed by atoms with Crippen LogP contribution in [0.1, 0.15) is 25.2 Å². The molecule has 0 aliphatic carbocycles. The summed E-state index contributed by atoms with van der Waals surface area (Å²) in [6.07, 6.45) is 4.83. The zero-order valence-corrected chi connectivity index (χ0v) is 11.1. The minimum atomic E-state index is 0.0707. The van der Waals surface area contributed by atoms with Crippen LogP contribution in [0.15, 0.2) is 18.5 Å². The quantitative estimate of drug-likeness (QED) is 0.837. The molecule has 1 aliphatic rings. The van der Waals surface area contributed by atoms with Crippen molar-refractivity contribution in [1.29, 1.82) is 0 Å². The number of H-pyrrole nitrogens is 1. The molecule has 0 saturated carbocycles. The minimum absolute atomic E-state index is 0.0707. The molecule has 1 unspecified atom stereocenters. The first-order valence-corrected chi connectivity index (χ1v) is 6.71. The van der Waals surface area contributed by atoms with E-state index in [1.54, 1.807) is 6.20 Å². The van der Waals surface area contributed by atoms with Crippen LogP contribution in [0.5, 0.6) is 0 Å². The highest BCUT2D eigenvalue weighted by molar-refractivity contribution is 5.29. The summed E-state index contributed by atoms with van der Waals surface area (Å²) in [5.41, 5.74) is 0. The fraction of sp³-hybridized carbons (Fsp3) is 0.583. The molecule has 19 heavy (non-hydrogen) atoms. The summed E-state index contributed by atoms with van der Waals surface area (Å²) in [7, 11) is 0. The third kappa shape index (κ3) is 2.60. The van der Waals surface area contributed by atoms with Crippen LogP contribution in [0.3, 0.4) is 0 Å². The summed E-state index contributed by atoms with van der Waals surface area (Å²) >= 11 is 0. The van der Waals surface area contributed by atoms with E-state index in [-0.39, 0.29) is 6.04 Å². The molecule has 0 aromatic carbocycles. The normalized spacial score (nSPS) is 18.3. The van der Waals surface area contributed by atoms with E-state index in [2.05, 4.69) is 37.4 Å². The Balaban J connectivity index is 1.75. The van der Waals surface area contributed by atoms with E-state index in [0.717, 1.165) is 44.4 Å². The molecule has 7 heteroatoms. The maximum Gasteiger partial charge on any atom is 0.244 e. The number of rotatable bonds is 3. The lowest BCUT2D eigenvalue weighted by Crippen LogP contribution is -2.28. The van der Waals surface area contributed by atoms with Crippen LogP contribution in [-0.2, 0) is 0 Å². The second-order valence-electron chi connectivity index (χ2n) is 4.77. The van der Waals surface area contributed by atoms with Crippen molar-refractivity contribution >= 4 is 5.95 Å². The Kier molecular flexibility index (Phi) is 3.45. The van der Waals surface area contributed by atoms with Crippen LogP contribution in [0, 0.1) is 0 Å². The molecule has 102 valence electrons. The van der Waals surface area contributed by atoms with Gasteiger partial charge in [0, 0.05) is 32.0 Å². The number of aromatic nitrogens is 5. The molecule has 3 heterocycles. The van der Waals surface area contributed by atoms with Gasteiger partial charge >= 0.3 is 0 Å². The average Bonchev–Trinajstić information content (AvgIpc) is 3.05. The maximum absolute atomic E-state index is 4.60. The molecule has 0 radical (unpaired) electrons. The number of nitrogens with one attached hydrogen (secondary N) is 2. The Labute approximate surface area is 112 Å². The molecule has 2 N–H and O–H groups in total. The van der Waals surface area contributed by atoms with Crippen LogP contribution in [-0.4, -0.2) is 51.1 Å². The van der Waals surface area contributed by atoms with Crippen molar-refractivity contribution in [3.63, 3.8) is 0 Å². The topological polar surface area (TPSA) is 74.7 Å². The van der Waals surface area contributed by atoms with Crippen molar-refractivity contribution in [1.82, 2.24) is 30.3 Å². The summed E-state index contributed by atoms with van der Waals surface area (Å²) in [6, 6.07) is 1.98. The molecule has 2 aromatic heterocycles. The Morgan fingerprint density at radius 1 is 1.32 bits per heavy atom. The molecule has 1 atom stereocenters. The molecule has 3 rings (SSSR count). The van der Waals surface area contributed by atoms with E-state index in [1.165, 1.54) is 0 Å². The van der Waals surface area contributed by atoms with E-state index < -0.39 is 0 Å². The van der Waals surface area contributed by atoms with Gasteiger partial charge in [0.1, 0.15) is 6.04 Å². The third-order valence-electron chi connectivity index (χ3n) is 3.43. The molecule has 2 aromatic rings.